The average molecular weight is 1140 g/mol. The van der Waals surface area contributed by atoms with Crippen LogP contribution in [0.15, 0.2) is 315 Å². The van der Waals surface area contributed by atoms with Crippen LogP contribution in [0.5, 0.6) is 11.5 Å². The SMILES string of the molecule is Nc1ccc(O)cc1.O=C1C(=O)c2ccccc2-c2ccccc21.O=Cc1ccc(N(c2ccccc2)c2ccccc2)cc1.Oc1ccc(-n2c(-c3ccc(N(c4ccccc4)c4ccccc4)cc3)nc3c4ccccc4c4ccccc4c32)cc1. The molecular weight excluding hydrogens is 1090 g/mol. The molecule has 14 aromatic rings. The molecule has 1 heterocycles. The first kappa shape index (κ1) is 56.3. The van der Waals surface area contributed by atoms with E-state index in [1.807, 2.05) is 109 Å². The molecule has 0 fully saturated rings. The lowest BCUT2D eigenvalue weighted by molar-refractivity contribution is 0.0815. The van der Waals surface area contributed by atoms with Gasteiger partial charge < -0.3 is 25.7 Å². The van der Waals surface area contributed by atoms with Crippen LogP contribution >= 0.6 is 0 Å². The first-order valence-electron chi connectivity index (χ1n) is 28.6. The van der Waals surface area contributed by atoms with Gasteiger partial charge in [0.25, 0.3) is 0 Å². The summed E-state index contributed by atoms with van der Waals surface area (Å²) in [6.07, 6.45) is 0.860. The van der Waals surface area contributed by atoms with E-state index in [0.29, 0.717) is 22.4 Å². The molecule has 10 nitrogen and oxygen atoms in total. The van der Waals surface area contributed by atoms with Gasteiger partial charge in [-0.25, -0.2) is 4.98 Å². The van der Waals surface area contributed by atoms with Crippen molar-refractivity contribution in [2.45, 2.75) is 0 Å². The van der Waals surface area contributed by atoms with Crippen LogP contribution in [0.2, 0.25) is 0 Å². The number of benzene rings is 13. The Morgan fingerprint density at radius 3 is 1.11 bits per heavy atom. The van der Waals surface area contributed by atoms with Crippen LogP contribution in [0.3, 0.4) is 0 Å². The number of carbonyl (C=O) groups is 3. The number of ketones is 2. The summed E-state index contributed by atoms with van der Waals surface area (Å²) in [5.41, 5.74) is 19.8. The second-order valence-electron chi connectivity index (χ2n) is 20.7. The zero-order valence-corrected chi connectivity index (χ0v) is 47.6. The molecule has 0 atom stereocenters. The number of hydrogen-bond acceptors (Lipinski definition) is 9. The highest BCUT2D eigenvalue weighted by molar-refractivity contribution is 6.53. The molecule has 424 valence electrons. The smallest absolute Gasteiger partial charge is 0.234 e. The van der Waals surface area contributed by atoms with Crippen LogP contribution < -0.4 is 15.5 Å². The average Bonchev–Trinajstić information content (AvgIpc) is 1.61. The van der Waals surface area contributed by atoms with Crippen molar-refractivity contribution in [2.75, 3.05) is 15.5 Å². The van der Waals surface area contributed by atoms with Crippen molar-refractivity contribution in [2.24, 2.45) is 0 Å². The van der Waals surface area contributed by atoms with Gasteiger partial charge in [-0.15, -0.1) is 0 Å². The normalized spacial score (nSPS) is 11.2. The summed E-state index contributed by atoms with van der Waals surface area (Å²) in [5.74, 6) is 0.513. The molecule has 0 saturated heterocycles. The molecule has 0 amide bonds. The second-order valence-corrected chi connectivity index (χ2v) is 20.7. The Kier molecular flexibility index (Phi) is 16.5. The lowest BCUT2D eigenvalue weighted by Crippen LogP contribution is -2.20. The topological polar surface area (TPSA) is 142 Å². The number of aromatic nitrogens is 2. The molecule has 1 aliphatic carbocycles. The van der Waals surface area contributed by atoms with E-state index in [0.717, 1.165) is 90.4 Å². The number of fused-ring (bicyclic) bond motifs is 9. The number of aldehydes is 1. The number of para-hydroxylation sites is 4. The van der Waals surface area contributed by atoms with E-state index in [1.54, 1.807) is 60.7 Å². The molecule has 10 heteroatoms. The lowest BCUT2D eigenvalue weighted by Gasteiger charge is -2.25. The minimum absolute atomic E-state index is 0.233. The number of anilines is 7. The quantitative estimate of drug-likeness (QED) is 0.0423. The van der Waals surface area contributed by atoms with Crippen molar-refractivity contribution in [3.05, 3.63) is 332 Å². The molecule has 15 rings (SSSR count). The molecule has 0 bridgehead atoms. The number of imidazole rings is 1. The molecule has 88 heavy (non-hydrogen) atoms. The number of hydrogen-bond donors (Lipinski definition) is 3. The largest absolute Gasteiger partial charge is 0.508 e. The molecule has 1 aromatic heterocycles. The van der Waals surface area contributed by atoms with Crippen LogP contribution in [0.25, 0.3) is 60.8 Å². The van der Waals surface area contributed by atoms with Gasteiger partial charge in [-0.1, -0.05) is 170 Å². The van der Waals surface area contributed by atoms with E-state index >= 15 is 0 Å². The Morgan fingerprint density at radius 1 is 0.352 bits per heavy atom. The fraction of sp³-hybridized carbons (Fsp3) is 0. The fourth-order valence-corrected chi connectivity index (χ4v) is 11.0. The number of nitrogens with two attached hydrogens (primary N) is 1. The third kappa shape index (κ3) is 11.9. The highest BCUT2D eigenvalue weighted by Crippen LogP contribution is 2.42. The first-order chi connectivity index (χ1) is 43.2. The molecular formula is C78H57N5O5. The zero-order valence-electron chi connectivity index (χ0n) is 47.6. The van der Waals surface area contributed by atoms with Gasteiger partial charge in [0.2, 0.25) is 11.6 Å². The summed E-state index contributed by atoms with van der Waals surface area (Å²) in [6, 6.07) is 103. The van der Waals surface area contributed by atoms with Gasteiger partial charge in [-0.05, 0) is 167 Å². The fourth-order valence-electron chi connectivity index (χ4n) is 11.0. The summed E-state index contributed by atoms with van der Waals surface area (Å²) < 4.78 is 2.23. The molecule has 4 N–H and O–H groups in total. The van der Waals surface area contributed by atoms with Gasteiger partial charge in [0, 0.05) is 78.5 Å². The number of phenols is 2. The van der Waals surface area contributed by atoms with Crippen molar-refractivity contribution in [1.82, 2.24) is 9.55 Å². The summed E-state index contributed by atoms with van der Waals surface area (Å²) in [5, 5.41) is 23.4. The van der Waals surface area contributed by atoms with Gasteiger partial charge >= 0.3 is 0 Å². The zero-order chi connectivity index (χ0) is 60.3. The molecule has 0 aliphatic heterocycles. The molecule has 0 spiro atoms. The number of rotatable bonds is 9. The van der Waals surface area contributed by atoms with Crippen LogP contribution in [0, 0.1) is 0 Å². The van der Waals surface area contributed by atoms with Crippen molar-refractivity contribution in [1.29, 1.82) is 0 Å². The van der Waals surface area contributed by atoms with E-state index in [2.05, 4.69) is 160 Å². The Balaban J connectivity index is 0.000000137. The van der Waals surface area contributed by atoms with Gasteiger partial charge in [-0.2, -0.15) is 0 Å². The highest BCUT2D eigenvalue weighted by atomic mass is 16.3. The second kappa shape index (κ2) is 25.8. The number of nitrogens with zero attached hydrogens (tertiary/aromatic N) is 4. The molecule has 0 unspecified atom stereocenters. The van der Waals surface area contributed by atoms with Crippen LogP contribution in [-0.4, -0.2) is 37.6 Å². The monoisotopic (exact) mass is 1140 g/mol. The van der Waals surface area contributed by atoms with Crippen molar-refractivity contribution in [3.8, 4) is 39.7 Å². The van der Waals surface area contributed by atoms with E-state index < -0.39 is 11.6 Å². The van der Waals surface area contributed by atoms with Crippen LogP contribution in [0.4, 0.5) is 39.8 Å². The van der Waals surface area contributed by atoms with Crippen molar-refractivity contribution < 1.29 is 24.6 Å². The Morgan fingerprint density at radius 2 is 0.693 bits per heavy atom. The molecule has 1 aliphatic rings. The third-order valence-corrected chi connectivity index (χ3v) is 15.1. The van der Waals surface area contributed by atoms with Crippen LogP contribution in [-0.2, 0) is 0 Å². The Labute approximate surface area is 509 Å². The third-order valence-electron chi connectivity index (χ3n) is 15.1. The van der Waals surface area contributed by atoms with Crippen molar-refractivity contribution in [3.63, 3.8) is 0 Å². The van der Waals surface area contributed by atoms with Gasteiger partial charge in [0.05, 0.1) is 11.0 Å². The lowest BCUT2D eigenvalue weighted by atomic mass is 9.84. The number of aromatic hydroxyl groups is 2. The summed E-state index contributed by atoms with van der Waals surface area (Å²) in [7, 11) is 0. The van der Waals surface area contributed by atoms with E-state index in [-0.39, 0.29) is 11.5 Å². The van der Waals surface area contributed by atoms with Crippen molar-refractivity contribution >= 4 is 90.2 Å². The maximum absolute atomic E-state index is 11.8. The Hall–Kier alpha value is -12.1. The minimum atomic E-state index is -0.408. The van der Waals surface area contributed by atoms with Gasteiger partial charge in [0.15, 0.2) is 0 Å². The minimum Gasteiger partial charge on any atom is -0.508 e. The number of Topliss-reactive ketones (excluding diaryl/α,β-unsaturated/α-hetero) is 2. The number of nitrogen functional groups attached to an aromatic ring is 1. The number of phenolic OH excluding ortho intramolecular Hbond substituents is 2. The maximum Gasteiger partial charge on any atom is 0.234 e. The summed E-state index contributed by atoms with van der Waals surface area (Å²) in [4.78, 5) is 44.2. The molecule has 0 radical (unpaired) electrons. The Bertz CT molecular complexity index is 4580. The van der Waals surface area contributed by atoms with Crippen LogP contribution in [0.1, 0.15) is 31.1 Å². The predicted molar refractivity (Wildman–Crippen MR) is 357 cm³/mol. The number of carbonyl (C=O) groups excluding carboxylic acids is 3. The molecule has 13 aromatic carbocycles. The summed E-state index contributed by atoms with van der Waals surface area (Å²) >= 11 is 0. The van der Waals surface area contributed by atoms with E-state index in [9.17, 15) is 19.5 Å². The highest BCUT2D eigenvalue weighted by Gasteiger charge is 2.29. The van der Waals surface area contributed by atoms with E-state index in [4.69, 9.17) is 15.8 Å². The molecule has 0 saturated carbocycles. The van der Waals surface area contributed by atoms with E-state index in [1.165, 1.54) is 10.8 Å². The maximum atomic E-state index is 11.8. The van der Waals surface area contributed by atoms with Gasteiger partial charge in [-0.3, -0.25) is 19.0 Å². The first-order valence-corrected chi connectivity index (χ1v) is 28.6. The van der Waals surface area contributed by atoms with Gasteiger partial charge in [0.1, 0.15) is 23.6 Å². The standard InChI is InChI=1S/C39H27N3O.C19H15NO.C14H8O2.C6H7NO/c43-32-25-23-31(24-26-32)42-38-36-18-10-8-16-34(36)33-15-7-9-17-35(33)37(38)40-39(42)27-19-21-30(22-20-27)41(28-11-3-1-4-12-28)29-13-5-2-6-14-29;21-15-16-11-13-19(14-12-16)20(17-7-3-1-4-8-17)18-9-5-2-6-10-18;15-13-11-7-3-1-5-9(11)10-6-2-4-8-12(10)14(13)16;7-5-1-3-6(8)4-2-5/h1-26,43H;1-15H;1-8H;1-4,8H,7H2. The predicted octanol–water partition coefficient (Wildman–Crippen LogP) is 18.9. The summed E-state index contributed by atoms with van der Waals surface area (Å²) in [6.45, 7) is 0.